The fraction of sp³-hybridized carbons (Fsp3) is 0.263. The number of nitrogens with two attached hydrogens (primary N) is 1. The standard InChI is InChI=1S/C19H21FN4O2/c1-23-9-10-24(17(12-23)22-18(21)19(25)26)16-11-14(20)7-8-15(16)13-5-3-2-4-6-13/h2-8,11,17H,9-10,12H2,1H3,(H2,21,22)(H,25,26). The Kier molecular flexibility index (Phi) is 5.18. The monoisotopic (exact) mass is 356 g/mol. The van der Waals surface area contributed by atoms with Gasteiger partial charge in [0, 0.05) is 30.9 Å². The molecule has 0 amide bonds. The highest BCUT2D eigenvalue weighted by atomic mass is 19.1. The Hall–Kier alpha value is -2.93. The van der Waals surface area contributed by atoms with Crippen LogP contribution in [0.4, 0.5) is 10.1 Å². The number of hydrogen-bond acceptors (Lipinski definition) is 4. The second kappa shape index (κ2) is 7.53. The molecule has 26 heavy (non-hydrogen) atoms. The van der Waals surface area contributed by atoms with Crippen LogP contribution in [0.25, 0.3) is 11.1 Å². The zero-order valence-corrected chi connectivity index (χ0v) is 14.5. The Morgan fingerprint density at radius 2 is 1.96 bits per heavy atom. The van der Waals surface area contributed by atoms with Gasteiger partial charge in [-0.2, -0.15) is 0 Å². The molecule has 1 atom stereocenters. The molecule has 2 aromatic rings. The van der Waals surface area contributed by atoms with Gasteiger partial charge in [-0.15, -0.1) is 0 Å². The Morgan fingerprint density at radius 3 is 2.65 bits per heavy atom. The van der Waals surface area contributed by atoms with E-state index in [0.29, 0.717) is 18.8 Å². The molecule has 1 aliphatic heterocycles. The fourth-order valence-corrected chi connectivity index (χ4v) is 3.11. The topological polar surface area (TPSA) is 82.2 Å². The molecule has 0 saturated carbocycles. The maximum absolute atomic E-state index is 14.0. The summed E-state index contributed by atoms with van der Waals surface area (Å²) < 4.78 is 14.0. The maximum Gasteiger partial charge on any atom is 0.371 e. The first-order valence-corrected chi connectivity index (χ1v) is 8.32. The minimum Gasteiger partial charge on any atom is -0.475 e. The quantitative estimate of drug-likeness (QED) is 0.649. The van der Waals surface area contributed by atoms with Gasteiger partial charge in [0.1, 0.15) is 12.0 Å². The van der Waals surface area contributed by atoms with Crippen LogP contribution in [0.1, 0.15) is 0 Å². The lowest BCUT2D eigenvalue weighted by Crippen LogP contribution is -2.52. The highest BCUT2D eigenvalue weighted by Gasteiger charge is 2.28. The van der Waals surface area contributed by atoms with Gasteiger partial charge in [-0.25, -0.2) is 14.2 Å². The third-order valence-corrected chi connectivity index (χ3v) is 4.42. The first-order valence-electron chi connectivity index (χ1n) is 8.32. The number of nitrogens with zero attached hydrogens (tertiary/aromatic N) is 3. The van der Waals surface area contributed by atoms with Gasteiger partial charge in [-0.05, 0) is 30.8 Å². The van der Waals surface area contributed by atoms with E-state index in [9.17, 15) is 9.18 Å². The zero-order valence-electron chi connectivity index (χ0n) is 14.5. The summed E-state index contributed by atoms with van der Waals surface area (Å²) in [4.78, 5) is 19.2. The summed E-state index contributed by atoms with van der Waals surface area (Å²) in [6.45, 7) is 1.84. The van der Waals surface area contributed by atoms with Gasteiger partial charge in [0.05, 0.1) is 0 Å². The van der Waals surface area contributed by atoms with Crippen LogP contribution in [-0.2, 0) is 4.79 Å². The predicted octanol–water partition coefficient (Wildman–Crippen LogP) is 2.01. The third-order valence-electron chi connectivity index (χ3n) is 4.42. The smallest absolute Gasteiger partial charge is 0.371 e. The number of likely N-dealkylation sites (N-methyl/N-ethyl adjacent to an activating group) is 1. The zero-order chi connectivity index (χ0) is 18.7. The van der Waals surface area contributed by atoms with E-state index in [1.54, 1.807) is 6.07 Å². The molecule has 1 aliphatic rings. The van der Waals surface area contributed by atoms with Crippen LogP contribution in [0.5, 0.6) is 0 Å². The van der Waals surface area contributed by atoms with Crippen LogP contribution in [0.2, 0.25) is 0 Å². The summed E-state index contributed by atoms with van der Waals surface area (Å²) in [5.41, 5.74) is 8.04. The molecule has 3 rings (SSSR count). The Labute approximate surface area is 151 Å². The number of aliphatic imine (C=N–C) groups is 1. The van der Waals surface area contributed by atoms with Crippen molar-refractivity contribution < 1.29 is 14.3 Å². The second-order valence-corrected chi connectivity index (χ2v) is 6.28. The van der Waals surface area contributed by atoms with E-state index in [4.69, 9.17) is 10.8 Å². The number of anilines is 1. The van der Waals surface area contributed by atoms with Crippen molar-refractivity contribution in [3.8, 4) is 11.1 Å². The SMILES string of the molecule is CN1CCN(c2cc(F)ccc2-c2ccccc2)C(/N=C(\N)C(=O)O)C1. The van der Waals surface area contributed by atoms with E-state index in [1.165, 1.54) is 12.1 Å². The minimum atomic E-state index is -1.26. The number of amidine groups is 1. The van der Waals surface area contributed by atoms with Gasteiger partial charge in [0.2, 0.25) is 5.84 Å². The molecule has 1 saturated heterocycles. The van der Waals surface area contributed by atoms with Gasteiger partial charge in [-0.3, -0.25) is 0 Å². The molecule has 0 aromatic heterocycles. The molecular weight excluding hydrogens is 335 g/mol. The lowest BCUT2D eigenvalue weighted by molar-refractivity contribution is -0.129. The van der Waals surface area contributed by atoms with Gasteiger partial charge in [0.15, 0.2) is 0 Å². The maximum atomic E-state index is 14.0. The number of aliphatic carboxylic acids is 1. The average Bonchev–Trinajstić information content (AvgIpc) is 2.62. The van der Waals surface area contributed by atoms with Gasteiger partial charge in [-0.1, -0.05) is 30.3 Å². The lowest BCUT2D eigenvalue weighted by Gasteiger charge is -2.40. The Bertz CT molecular complexity index is 826. The summed E-state index contributed by atoms with van der Waals surface area (Å²) in [5.74, 6) is -2.07. The number of carboxylic acids is 1. The van der Waals surface area contributed by atoms with Crippen LogP contribution in [0.15, 0.2) is 53.5 Å². The van der Waals surface area contributed by atoms with Crippen molar-refractivity contribution in [2.45, 2.75) is 6.17 Å². The van der Waals surface area contributed by atoms with Crippen molar-refractivity contribution in [2.75, 3.05) is 31.6 Å². The van der Waals surface area contributed by atoms with E-state index in [0.717, 1.165) is 17.7 Å². The van der Waals surface area contributed by atoms with E-state index < -0.39 is 18.0 Å². The first-order chi connectivity index (χ1) is 12.5. The van der Waals surface area contributed by atoms with E-state index in [-0.39, 0.29) is 5.82 Å². The number of hydrogen-bond donors (Lipinski definition) is 2. The summed E-state index contributed by atoms with van der Waals surface area (Å²) in [7, 11) is 1.93. The third kappa shape index (κ3) is 3.83. The number of carbonyl (C=O) groups is 1. The molecule has 1 fully saturated rings. The van der Waals surface area contributed by atoms with E-state index >= 15 is 0 Å². The molecule has 0 bridgehead atoms. The van der Waals surface area contributed by atoms with Gasteiger partial charge < -0.3 is 20.6 Å². The average molecular weight is 356 g/mol. The largest absolute Gasteiger partial charge is 0.475 e. The highest BCUT2D eigenvalue weighted by Crippen LogP contribution is 2.34. The summed E-state index contributed by atoms with van der Waals surface area (Å²) in [5, 5.41) is 9.06. The van der Waals surface area contributed by atoms with E-state index in [1.807, 2.05) is 47.2 Å². The number of benzene rings is 2. The van der Waals surface area contributed by atoms with Crippen LogP contribution in [0.3, 0.4) is 0 Å². The lowest BCUT2D eigenvalue weighted by atomic mass is 10.0. The first kappa shape index (κ1) is 17.9. The van der Waals surface area contributed by atoms with Gasteiger partial charge >= 0.3 is 5.97 Å². The molecule has 1 heterocycles. The molecule has 0 radical (unpaired) electrons. The highest BCUT2D eigenvalue weighted by molar-refractivity contribution is 6.33. The van der Waals surface area contributed by atoms with Crippen LogP contribution < -0.4 is 10.6 Å². The molecule has 6 nitrogen and oxygen atoms in total. The number of piperazine rings is 1. The normalized spacial score (nSPS) is 18.8. The molecule has 1 unspecified atom stereocenters. The van der Waals surface area contributed by atoms with Crippen molar-refractivity contribution in [3.63, 3.8) is 0 Å². The number of halogens is 1. The molecular formula is C19H21FN4O2. The van der Waals surface area contributed by atoms with Crippen molar-refractivity contribution in [1.82, 2.24) is 4.90 Å². The van der Waals surface area contributed by atoms with Crippen molar-refractivity contribution in [3.05, 3.63) is 54.3 Å². The second-order valence-electron chi connectivity index (χ2n) is 6.28. The van der Waals surface area contributed by atoms with Crippen molar-refractivity contribution >= 4 is 17.5 Å². The molecule has 0 spiro atoms. The van der Waals surface area contributed by atoms with Gasteiger partial charge in [0.25, 0.3) is 0 Å². The van der Waals surface area contributed by atoms with E-state index in [2.05, 4.69) is 4.99 Å². The molecule has 3 N–H and O–H groups in total. The molecule has 0 aliphatic carbocycles. The minimum absolute atomic E-state index is 0.354. The Balaban J connectivity index is 2.06. The summed E-state index contributed by atoms with van der Waals surface area (Å²) in [6, 6.07) is 14.3. The van der Waals surface area contributed by atoms with Crippen molar-refractivity contribution in [2.24, 2.45) is 10.7 Å². The van der Waals surface area contributed by atoms with Crippen LogP contribution in [-0.4, -0.2) is 54.7 Å². The Morgan fingerprint density at radius 1 is 1.23 bits per heavy atom. The molecule has 136 valence electrons. The van der Waals surface area contributed by atoms with Crippen LogP contribution in [0, 0.1) is 5.82 Å². The molecule has 7 heteroatoms. The summed E-state index contributed by atoms with van der Waals surface area (Å²) >= 11 is 0. The molecule has 2 aromatic carbocycles. The number of rotatable bonds is 3. The summed E-state index contributed by atoms with van der Waals surface area (Å²) in [6.07, 6.45) is -0.505. The fourth-order valence-electron chi connectivity index (χ4n) is 3.11. The predicted molar refractivity (Wildman–Crippen MR) is 99.7 cm³/mol. The van der Waals surface area contributed by atoms with Crippen molar-refractivity contribution in [1.29, 1.82) is 0 Å². The number of carboxylic acid groups (broad SMARTS) is 1. The van der Waals surface area contributed by atoms with Crippen LogP contribution >= 0.6 is 0 Å².